The van der Waals surface area contributed by atoms with E-state index in [4.69, 9.17) is 10.5 Å². The van der Waals surface area contributed by atoms with Gasteiger partial charge in [-0.15, -0.1) is 0 Å². The molecule has 200 valence electrons. The van der Waals surface area contributed by atoms with Gasteiger partial charge in [0.1, 0.15) is 11.6 Å². The summed E-state index contributed by atoms with van der Waals surface area (Å²) in [6, 6.07) is 8.85. The number of ether oxygens (including phenoxy) is 1. The number of carbonyl (C=O) groups is 1. The normalized spacial score (nSPS) is 11.6. The number of halogens is 3. The van der Waals surface area contributed by atoms with Gasteiger partial charge in [0.15, 0.2) is 11.6 Å². The molecule has 39 heavy (non-hydrogen) atoms. The minimum Gasteiger partial charge on any atom is -0.436 e. The molecule has 3 aromatic heterocycles. The highest BCUT2D eigenvalue weighted by atomic mass is 32.2. The van der Waals surface area contributed by atoms with Crippen molar-refractivity contribution >= 4 is 38.2 Å². The highest BCUT2D eigenvalue weighted by molar-refractivity contribution is 7.92. The smallest absolute Gasteiger partial charge is 0.229 e. The summed E-state index contributed by atoms with van der Waals surface area (Å²) in [6.07, 6.45) is 3.48. The number of carbonyl (C=O) groups excluding carboxylic acids is 1. The molecule has 0 unspecified atom stereocenters. The zero-order chi connectivity index (χ0) is 28.1. The lowest BCUT2D eigenvalue weighted by molar-refractivity contribution is 0.103. The van der Waals surface area contributed by atoms with Gasteiger partial charge in [-0.25, -0.2) is 26.9 Å². The van der Waals surface area contributed by atoms with Crippen LogP contribution in [0.4, 0.5) is 24.7 Å². The van der Waals surface area contributed by atoms with Crippen molar-refractivity contribution in [3.8, 4) is 17.3 Å². The van der Waals surface area contributed by atoms with Crippen LogP contribution in [0.3, 0.4) is 0 Å². The Morgan fingerprint density at radius 1 is 1.10 bits per heavy atom. The predicted octanol–water partition coefficient (Wildman–Crippen LogP) is 4.45. The highest BCUT2D eigenvalue weighted by Gasteiger charge is 2.21. The number of nitrogens with two attached hydrogens (primary N) is 1. The lowest BCUT2D eigenvalue weighted by atomic mass is 10.1. The van der Waals surface area contributed by atoms with Crippen LogP contribution in [0.2, 0.25) is 0 Å². The molecule has 0 aliphatic rings. The van der Waals surface area contributed by atoms with E-state index in [0.29, 0.717) is 22.2 Å². The van der Waals surface area contributed by atoms with Gasteiger partial charge in [0, 0.05) is 16.5 Å². The number of hydrogen-bond acceptors (Lipinski definition) is 7. The summed E-state index contributed by atoms with van der Waals surface area (Å²) in [5.74, 6) is -3.88. The van der Waals surface area contributed by atoms with Crippen LogP contribution in [0.15, 0.2) is 54.9 Å². The summed E-state index contributed by atoms with van der Waals surface area (Å²) in [5, 5.41) is 4.50. The molecule has 0 radical (unpaired) electrons. The van der Waals surface area contributed by atoms with Crippen molar-refractivity contribution < 1.29 is 31.1 Å². The summed E-state index contributed by atoms with van der Waals surface area (Å²) < 4.78 is 73.5. The summed E-state index contributed by atoms with van der Waals surface area (Å²) in [4.78, 5) is 20.2. The number of hydrogen-bond donors (Lipinski definition) is 3. The molecule has 0 saturated heterocycles. The van der Waals surface area contributed by atoms with Gasteiger partial charge in [-0.2, -0.15) is 9.49 Å². The fourth-order valence-corrected chi connectivity index (χ4v) is 4.43. The maximum atomic E-state index is 14.3. The third-order valence-electron chi connectivity index (χ3n) is 5.68. The number of pyridine rings is 1. The first-order chi connectivity index (χ1) is 18.4. The third-order valence-corrected chi connectivity index (χ3v) is 6.27. The molecule has 0 fully saturated rings. The molecule has 0 spiro atoms. The van der Waals surface area contributed by atoms with Crippen LogP contribution in [0, 0.1) is 24.4 Å². The van der Waals surface area contributed by atoms with Crippen LogP contribution in [0.5, 0.6) is 11.6 Å². The summed E-state index contributed by atoms with van der Waals surface area (Å²) >= 11 is 0. The Balaban J connectivity index is 1.42. The Kier molecular flexibility index (Phi) is 6.26. The van der Waals surface area contributed by atoms with Crippen LogP contribution in [0.1, 0.15) is 21.6 Å². The molecule has 0 aliphatic heterocycles. The first-order valence-corrected chi connectivity index (χ1v) is 13.1. The maximum absolute atomic E-state index is 14.3. The number of aromatic amines is 1. The van der Waals surface area contributed by atoms with E-state index in [1.54, 1.807) is 13.0 Å². The molecule has 0 aliphatic carbocycles. The first-order valence-electron chi connectivity index (χ1n) is 11.2. The molecule has 0 saturated carbocycles. The fourth-order valence-electron chi connectivity index (χ4n) is 3.87. The van der Waals surface area contributed by atoms with Crippen LogP contribution in [-0.2, 0) is 10.0 Å². The van der Waals surface area contributed by atoms with Gasteiger partial charge in [-0.3, -0.25) is 9.52 Å². The van der Waals surface area contributed by atoms with Gasteiger partial charge in [-0.1, -0.05) is 6.07 Å². The number of nitrogens with zero attached hydrogens (tertiary/aromatic N) is 3. The highest BCUT2D eigenvalue weighted by Crippen LogP contribution is 2.30. The van der Waals surface area contributed by atoms with E-state index in [1.807, 2.05) is 0 Å². The van der Waals surface area contributed by atoms with Gasteiger partial charge in [0.2, 0.25) is 27.5 Å². The van der Waals surface area contributed by atoms with Gasteiger partial charge in [-0.05, 0) is 43.3 Å². The number of nitrogens with one attached hydrogen (secondary N) is 2. The van der Waals surface area contributed by atoms with Crippen LogP contribution in [-0.4, -0.2) is 40.2 Å². The molecule has 5 rings (SSSR count). The molecule has 10 nitrogen and oxygen atoms in total. The number of aromatic nitrogens is 4. The number of anilines is 2. The van der Waals surface area contributed by atoms with Crippen molar-refractivity contribution in [3.63, 3.8) is 0 Å². The molecule has 4 N–H and O–H groups in total. The minimum absolute atomic E-state index is 0.0182. The Morgan fingerprint density at radius 2 is 1.87 bits per heavy atom. The van der Waals surface area contributed by atoms with Gasteiger partial charge < -0.3 is 15.5 Å². The Labute approximate surface area is 219 Å². The van der Waals surface area contributed by atoms with E-state index < -0.39 is 33.3 Å². The first kappa shape index (κ1) is 25.8. The van der Waals surface area contributed by atoms with Crippen molar-refractivity contribution in [2.24, 2.45) is 0 Å². The Bertz CT molecular complexity index is 1880. The number of nitrogen functional groups attached to an aromatic ring is 1. The second-order valence-corrected chi connectivity index (χ2v) is 10.4. The largest absolute Gasteiger partial charge is 0.436 e. The van der Waals surface area contributed by atoms with E-state index in [-0.39, 0.29) is 34.4 Å². The molecular formula is C25H19F3N6O4S. The van der Waals surface area contributed by atoms with Crippen molar-refractivity contribution in [2.75, 3.05) is 16.7 Å². The summed E-state index contributed by atoms with van der Waals surface area (Å²) in [6.45, 7) is 1.63. The minimum atomic E-state index is -3.72. The van der Waals surface area contributed by atoms with E-state index in [2.05, 4.69) is 19.8 Å². The average Bonchev–Trinajstić information content (AvgIpc) is 3.45. The second kappa shape index (κ2) is 9.47. The zero-order valence-electron chi connectivity index (χ0n) is 20.3. The Hall–Kier alpha value is -4.85. The third kappa shape index (κ3) is 5.01. The van der Waals surface area contributed by atoms with Gasteiger partial charge >= 0.3 is 0 Å². The number of aryl methyl sites for hydroxylation is 1. The monoisotopic (exact) mass is 556 g/mol. The molecule has 0 bridgehead atoms. The van der Waals surface area contributed by atoms with Crippen molar-refractivity contribution in [1.82, 2.24) is 19.7 Å². The van der Waals surface area contributed by atoms with E-state index in [1.165, 1.54) is 41.3 Å². The van der Waals surface area contributed by atoms with E-state index in [9.17, 15) is 26.4 Å². The molecule has 2 aromatic carbocycles. The van der Waals surface area contributed by atoms with Gasteiger partial charge in [0.05, 0.1) is 41.3 Å². The molecule has 14 heteroatoms. The number of H-pyrrole nitrogens is 1. The number of ketones is 1. The van der Waals surface area contributed by atoms with Crippen LogP contribution < -0.4 is 15.2 Å². The molecule has 0 atom stereocenters. The predicted molar refractivity (Wildman–Crippen MR) is 137 cm³/mol. The fraction of sp³-hybridized carbons (Fsp3) is 0.0800. The van der Waals surface area contributed by atoms with Gasteiger partial charge in [0.25, 0.3) is 0 Å². The van der Waals surface area contributed by atoms with Crippen molar-refractivity contribution in [2.45, 2.75) is 6.92 Å². The number of rotatable bonds is 7. The summed E-state index contributed by atoms with van der Waals surface area (Å²) in [7, 11) is -3.72. The molecule has 0 amide bonds. The van der Waals surface area contributed by atoms with Crippen LogP contribution in [0.25, 0.3) is 16.6 Å². The molecular weight excluding hydrogens is 537 g/mol. The number of benzene rings is 2. The van der Waals surface area contributed by atoms with E-state index >= 15 is 0 Å². The average molecular weight is 557 g/mol. The second-order valence-electron chi connectivity index (χ2n) is 8.63. The van der Waals surface area contributed by atoms with E-state index in [0.717, 1.165) is 18.4 Å². The summed E-state index contributed by atoms with van der Waals surface area (Å²) in [5.41, 5.74) is 7.19. The van der Waals surface area contributed by atoms with Crippen LogP contribution >= 0.6 is 0 Å². The lowest BCUT2D eigenvalue weighted by Gasteiger charge is -2.11. The van der Waals surface area contributed by atoms with Crippen molar-refractivity contribution in [1.29, 1.82) is 0 Å². The lowest BCUT2D eigenvalue weighted by Crippen LogP contribution is -2.10. The maximum Gasteiger partial charge on any atom is 0.229 e. The quantitative estimate of drug-likeness (QED) is 0.251. The number of fused-ring (bicyclic) bond motifs is 1. The Morgan fingerprint density at radius 3 is 2.59 bits per heavy atom. The molecule has 3 heterocycles. The topological polar surface area (TPSA) is 145 Å². The SMILES string of the molecule is Cc1cc(-n2ncc(C(=O)c3cc4cc(F)c(NS(C)(=O)=O)cc4[nH]3)c2N)cnc1Oc1cccc(F)c1F. The molecule has 5 aromatic rings. The standard InChI is InChI=1S/C25H19F3N6O4S/c1-12-6-14(10-30-25(12)38-21-5-3-4-16(26)22(21)28)34-24(29)15(11-31-34)23(35)20-8-13-7-17(27)19(9-18(13)32-20)33-39(2,36)37/h3-11,32-33H,29H2,1-2H3. The number of sulfonamides is 1. The van der Waals surface area contributed by atoms with Crippen molar-refractivity contribution in [3.05, 3.63) is 89.1 Å². The zero-order valence-corrected chi connectivity index (χ0v) is 21.1.